The Labute approximate surface area is 228 Å². The fourth-order valence-electron chi connectivity index (χ4n) is 4.57. The van der Waals surface area contributed by atoms with Gasteiger partial charge in [0.15, 0.2) is 5.17 Å². The van der Waals surface area contributed by atoms with Crippen LogP contribution in [0.15, 0.2) is 47.2 Å². The van der Waals surface area contributed by atoms with E-state index in [9.17, 15) is 14.4 Å². The fraction of sp³-hybridized carbons (Fsp3) is 0.296. The van der Waals surface area contributed by atoms with Gasteiger partial charge >= 0.3 is 5.97 Å². The van der Waals surface area contributed by atoms with Crippen molar-refractivity contribution in [2.24, 2.45) is 12.0 Å². The number of carbonyl (C=O) groups excluding carboxylic acids is 3. The highest BCUT2D eigenvalue weighted by Crippen LogP contribution is 2.39. The highest BCUT2D eigenvalue weighted by atomic mass is 32.2. The van der Waals surface area contributed by atoms with Crippen LogP contribution in [0.25, 0.3) is 6.08 Å². The van der Waals surface area contributed by atoms with Crippen LogP contribution in [0.4, 0.5) is 10.7 Å². The maximum absolute atomic E-state index is 13.4. The van der Waals surface area contributed by atoms with Crippen LogP contribution in [-0.4, -0.2) is 45.6 Å². The molecule has 3 aromatic rings. The van der Waals surface area contributed by atoms with E-state index in [2.05, 4.69) is 15.4 Å². The largest absolute Gasteiger partial charge is 0.465 e. The Hall–Kier alpha value is -3.70. The molecule has 0 fully saturated rings. The third-order valence-electron chi connectivity index (χ3n) is 6.33. The highest BCUT2D eigenvalue weighted by Gasteiger charge is 2.33. The average Bonchev–Trinajstić information content (AvgIpc) is 3.54. The first kappa shape index (κ1) is 25.9. The number of thioether (sulfide) groups is 1. The van der Waals surface area contributed by atoms with Crippen molar-refractivity contribution in [3.05, 3.63) is 69.5 Å². The SMILES string of the molecule is COC(=O)c1c(NC(=O)CSC2=N/C(=C/c3cn(C)nc3C)C(=O)N2c2ccccc2)sc2c1CCCC2. The number of ether oxygens (including phenoxy) is 1. The van der Waals surface area contributed by atoms with E-state index in [1.54, 1.807) is 10.8 Å². The zero-order valence-corrected chi connectivity index (χ0v) is 22.9. The molecule has 11 heteroatoms. The number of rotatable bonds is 6. The van der Waals surface area contributed by atoms with Crippen LogP contribution in [0.3, 0.4) is 0 Å². The molecule has 2 aromatic heterocycles. The molecule has 1 aliphatic heterocycles. The molecule has 2 amide bonds. The molecule has 0 saturated carbocycles. The molecule has 2 aliphatic rings. The Balaban J connectivity index is 1.38. The maximum Gasteiger partial charge on any atom is 0.341 e. The quantitative estimate of drug-likeness (QED) is 0.357. The number of hydrogen-bond donors (Lipinski definition) is 1. The lowest BCUT2D eigenvalue weighted by atomic mass is 9.95. The predicted molar refractivity (Wildman–Crippen MR) is 151 cm³/mol. The van der Waals surface area contributed by atoms with E-state index < -0.39 is 5.97 Å². The van der Waals surface area contributed by atoms with E-state index >= 15 is 0 Å². The maximum atomic E-state index is 13.4. The number of nitrogens with one attached hydrogen (secondary N) is 1. The fourth-order valence-corrected chi connectivity index (χ4v) is 6.68. The summed E-state index contributed by atoms with van der Waals surface area (Å²) < 4.78 is 6.69. The van der Waals surface area contributed by atoms with Gasteiger partial charge in [0, 0.05) is 23.7 Å². The van der Waals surface area contributed by atoms with Crippen molar-refractivity contribution in [3.8, 4) is 0 Å². The van der Waals surface area contributed by atoms with Crippen LogP contribution < -0.4 is 10.2 Å². The number of hydrogen-bond acceptors (Lipinski definition) is 8. The lowest BCUT2D eigenvalue weighted by molar-refractivity contribution is -0.114. The van der Waals surface area contributed by atoms with Crippen molar-refractivity contribution in [1.29, 1.82) is 0 Å². The van der Waals surface area contributed by atoms with E-state index in [1.807, 2.05) is 50.5 Å². The zero-order valence-electron chi connectivity index (χ0n) is 21.3. The van der Waals surface area contributed by atoms with E-state index in [1.165, 1.54) is 35.1 Å². The zero-order chi connectivity index (χ0) is 26.8. The number of thiophene rings is 1. The van der Waals surface area contributed by atoms with Gasteiger partial charge in [-0.3, -0.25) is 19.2 Å². The third kappa shape index (κ3) is 5.16. The highest BCUT2D eigenvalue weighted by molar-refractivity contribution is 8.14. The molecule has 0 bridgehead atoms. The summed E-state index contributed by atoms with van der Waals surface area (Å²) >= 11 is 2.61. The first-order chi connectivity index (χ1) is 18.4. The molecule has 1 aliphatic carbocycles. The summed E-state index contributed by atoms with van der Waals surface area (Å²) in [7, 11) is 3.17. The summed E-state index contributed by atoms with van der Waals surface area (Å²) in [5.41, 5.74) is 3.96. The van der Waals surface area contributed by atoms with Crippen molar-refractivity contribution in [2.45, 2.75) is 32.6 Å². The summed E-state index contributed by atoms with van der Waals surface area (Å²) in [6, 6.07) is 9.21. The van der Waals surface area contributed by atoms with Gasteiger partial charge in [0.05, 0.1) is 29.8 Å². The van der Waals surface area contributed by atoms with Gasteiger partial charge in [-0.15, -0.1) is 11.3 Å². The van der Waals surface area contributed by atoms with Crippen LogP contribution in [0.5, 0.6) is 0 Å². The normalized spacial score (nSPS) is 16.0. The molecular formula is C27H27N5O4S2. The summed E-state index contributed by atoms with van der Waals surface area (Å²) in [5.74, 6) is -0.991. The molecule has 196 valence electrons. The number of amidine groups is 1. The molecule has 38 heavy (non-hydrogen) atoms. The standard InChI is InChI=1S/C27H27N5O4S2/c1-16-17(14-31(2)30-16)13-20-25(34)32(18-9-5-4-6-10-18)27(28-20)37-15-22(33)29-24-23(26(35)36-3)19-11-7-8-12-21(19)38-24/h4-6,9-10,13-14H,7-8,11-12,15H2,1-3H3,(H,29,33)/b20-13+. The minimum Gasteiger partial charge on any atom is -0.465 e. The second-order valence-corrected chi connectivity index (χ2v) is 11.0. The number of amides is 2. The smallest absolute Gasteiger partial charge is 0.341 e. The van der Waals surface area contributed by atoms with Gasteiger partial charge in [-0.05, 0) is 56.4 Å². The molecule has 0 atom stereocenters. The Morgan fingerprint density at radius 3 is 2.68 bits per heavy atom. The lowest BCUT2D eigenvalue weighted by Gasteiger charge is -2.17. The average molecular weight is 550 g/mol. The van der Waals surface area contributed by atoms with Gasteiger partial charge in [-0.25, -0.2) is 9.79 Å². The number of aliphatic imine (C=N–C) groups is 1. The predicted octanol–water partition coefficient (Wildman–Crippen LogP) is 4.57. The number of esters is 1. The van der Waals surface area contributed by atoms with Gasteiger partial charge in [0.2, 0.25) is 5.91 Å². The second kappa shape index (κ2) is 11.0. The van der Waals surface area contributed by atoms with Crippen LogP contribution in [0.2, 0.25) is 0 Å². The first-order valence-electron chi connectivity index (χ1n) is 12.2. The number of methoxy groups -OCH3 is 1. The van der Waals surface area contributed by atoms with Gasteiger partial charge < -0.3 is 10.1 Å². The van der Waals surface area contributed by atoms with Crippen molar-refractivity contribution in [3.63, 3.8) is 0 Å². The van der Waals surface area contributed by atoms with Crippen molar-refractivity contribution >= 4 is 62.8 Å². The number of carbonyl (C=O) groups is 3. The topological polar surface area (TPSA) is 106 Å². The van der Waals surface area contributed by atoms with E-state index in [0.717, 1.165) is 47.4 Å². The molecule has 1 N–H and O–H groups in total. The number of fused-ring (bicyclic) bond motifs is 1. The molecular weight excluding hydrogens is 522 g/mol. The molecule has 0 unspecified atom stereocenters. The van der Waals surface area contributed by atoms with Crippen LogP contribution in [0.1, 0.15) is 44.9 Å². The number of nitrogens with zero attached hydrogens (tertiary/aromatic N) is 4. The summed E-state index contributed by atoms with van der Waals surface area (Å²) in [6.07, 6.45) is 7.31. The second-order valence-electron chi connectivity index (χ2n) is 8.99. The number of benzene rings is 1. The number of para-hydroxylation sites is 1. The molecule has 0 saturated heterocycles. The van der Waals surface area contributed by atoms with E-state index in [-0.39, 0.29) is 23.3 Å². The third-order valence-corrected chi connectivity index (χ3v) is 8.48. The molecule has 3 heterocycles. The Bertz CT molecular complexity index is 1470. The number of aromatic nitrogens is 2. The van der Waals surface area contributed by atoms with Crippen molar-refractivity contribution < 1.29 is 19.1 Å². The van der Waals surface area contributed by atoms with Gasteiger partial charge in [0.1, 0.15) is 10.7 Å². The van der Waals surface area contributed by atoms with Crippen LogP contribution in [0, 0.1) is 6.92 Å². The van der Waals surface area contributed by atoms with Crippen molar-refractivity contribution in [1.82, 2.24) is 9.78 Å². The number of aryl methyl sites for hydroxylation is 3. The lowest BCUT2D eigenvalue weighted by Crippen LogP contribution is -2.31. The summed E-state index contributed by atoms with van der Waals surface area (Å²) in [6.45, 7) is 1.87. The van der Waals surface area contributed by atoms with Gasteiger partial charge in [-0.2, -0.15) is 5.10 Å². The molecule has 5 rings (SSSR count). The van der Waals surface area contributed by atoms with Gasteiger partial charge in [-0.1, -0.05) is 30.0 Å². The summed E-state index contributed by atoms with van der Waals surface area (Å²) in [4.78, 5) is 46.2. The molecule has 1 aromatic carbocycles. The summed E-state index contributed by atoms with van der Waals surface area (Å²) in [5, 5.41) is 8.17. The minimum absolute atomic E-state index is 0.0117. The first-order valence-corrected chi connectivity index (χ1v) is 14.0. The van der Waals surface area contributed by atoms with Crippen molar-refractivity contribution in [2.75, 3.05) is 23.1 Å². The number of anilines is 2. The Morgan fingerprint density at radius 1 is 1.21 bits per heavy atom. The molecule has 9 nitrogen and oxygen atoms in total. The van der Waals surface area contributed by atoms with Crippen LogP contribution in [-0.2, 0) is 34.2 Å². The van der Waals surface area contributed by atoms with Crippen LogP contribution >= 0.6 is 23.1 Å². The van der Waals surface area contributed by atoms with E-state index in [4.69, 9.17) is 4.74 Å². The Morgan fingerprint density at radius 2 is 1.97 bits per heavy atom. The monoisotopic (exact) mass is 549 g/mol. The van der Waals surface area contributed by atoms with Gasteiger partial charge in [0.25, 0.3) is 5.91 Å². The Kier molecular flexibility index (Phi) is 7.48. The molecule has 0 spiro atoms. The molecule has 0 radical (unpaired) electrons. The minimum atomic E-state index is -0.436. The van der Waals surface area contributed by atoms with E-state index in [0.29, 0.717) is 21.4 Å².